The number of benzene rings is 11. The standard InChI is InChI=1S/C23H16Cl2N4O3.C22H20N6O6S2.C21H17N5O4S.C19H13F6N5O3.CH4/c1-26-21(30)12-2-4-13(5-3-12)22(31)28-18-8-6-14(24)10-16(18)20-27-19-9-7-15(25)11-17(19)23(32)29-20;1-24-35(31,32)14-8-6-13(7-9-14)21(29)26-19-11-10-15(36(33,34)28-23)12-17(19)20-25-18-5-3-2-4-16(18)22(30)27-20;22-26-31(29,30)14-11-9-13(10-12-14)20(27)24-17-7-3-1-5-15(17)19-23-18-8-4-2-6-16(18)21(28)25-19;20-17(21,19(24,25)18(22,23)16(33)30-26)15(32)28-11-7-3-1-5-9(11)13-27-12-8-4-2-6-10(12)14(31)29-13;/h2-11H,1H3,(H,26,30)(H,28,31)(H,27,29,32);2-12,24,28H,23H2,1H3,(H,26,29)(H,25,27,30);1-12,26H,22H2,(H,24,27)(H,23,25,28);1-8H,26H2,(H,28,32)(H,30,33)(H,27,29,31);1H4. The zero-order chi connectivity index (χ0) is 95.5. The second kappa shape index (κ2) is 40.7. The van der Waals surface area contributed by atoms with Crippen molar-refractivity contribution in [1.29, 1.82) is 0 Å². The van der Waals surface area contributed by atoms with Gasteiger partial charge in [-0.2, -0.15) is 36.0 Å². The normalized spacial score (nSPS) is 11.6. The summed E-state index contributed by atoms with van der Waals surface area (Å²) in [7, 11) is -8.76. The molecule has 0 aliphatic heterocycles. The van der Waals surface area contributed by atoms with E-state index in [1.807, 2.05) is 0 Å². The van der Waals surface area contributed by atoms with Crippen LogP contribution in [0.1, 0.15) is 48.9 Å². The Labute approximate surface area is 756 Å². The number of anilines is 4. The number of carbonyl (C=O) groups excluding carboxylic acids is 6. The molecule has 0 saturated carbocycles. The lowest BCUT2D eigenvalue weighted by Gasteiger charge is -2.30. The van der Waals surface area contributed by atoms with E-state index in [1.165, 1.54) is 123 Å². The Hall–Kier alpha value is -15.4. The maximum Gasteiger partial charge on any atom is 0.394 e. The largest absolute Gasteiger partial charge is 0.394 e. The van der Waals surface area contributed by atoms with Crippen LogP contribution in [0.5, 0.6) is 0 Å². The number of fused-ring (bicyclic) bond motifs is 4. The molecule has 684 valence electrons. The Bertz CT molecular complexity index is 7730. The Balaban J connectivity index is 0.000000171. The van der Waals surface area contributed by atoms with Gasteiger partial charge in [0.25, 0.3) is 65.9 Å². The van der Waals surface area contributed by atoms with E-state index in [0.717, 1.165) is 6.07 Å². The smallest absolute Gasteiger partial charge is 0.355 e. The van der Waals surface area contributed by atoms with Crippen LogP contribution in [0.4, 0.5) is 49.1 Å². The summed E-state index contributed by atoms with van der Waals surface area (Å²) in [6, 6.07) is 61.4. The number of sulfonamides is 3. The maximum atomic E-state index is 14.1. The first-order valence-electron chi connectivity index (χ1n) is 37.7. The Morgan fingerprint density at radius 1 is 0.338 bits per heavy atom. The van der Waals surface area contributed by atoms with Gasteiger partial charge in [0.15, 0.2) is 0 Å². The highest BCUT2D eigenvalue weighted by molar-refractivity contribution is 7.90. The molecule has 36 nitrogen and oxygen atoms in total. The zero-order valence-electron chi connectivity index (χ0n) is 67.5. The summed E-state index contributed by atoms with van der Waals surface area (Å²) in [6.07, 6.45) is 0. The number of amides is 6. The fraction of sp³-hybridized carbons (Fsp3) is 0.0698. The molecule has 4 heterocycles. The third-order valence-corrected chi connectivity index (χ3v) is 23.5. The number of alkyl halides is 6. The van der Waals surface area contributed by atoms with Crippen molar-refractivity contribution in [1.82, 2.24) is 65.0 Å². The summed E-state index contributed by atoms with van der Waals surface area (Å²) in [5.41, 5.74) is 2.97. The van der Waals surface area contributed by atoms with Gasteiger partial charge in [-0.1, -0.05) is 91.3 Å². The highest BCUT2D eigenvalue weighted by atomic mass is 35.5. The third-order valence-electron chi connectivity index (χ3n) is 19.2. The number of halogens is 8. The van der Waals surface area contributed by atoms with Crippen LogP contribution < -0.4 is 86.2 Å². The summed E-state index contributed by atoms with van der Waals surface area (Å²) in [5, 5.41) is 14.4. The quantitative estimate of drug-likeness (QED) is 0.0130. The van der Waals surface area contributed by atoms with E-state index in [4.69, 9.17) is 34.9 Å². The lowest BCUT2D eigenvalue weighted by atomic mass is 10.0. The number of aromatic amines is 4. The SMILES string of the molecule is C.CNC(=O)c1ccc(C(=O)Nc2ccc(Cl)cc2-c2nc3ccc(Cl)cc3c(=O)[nH]2)cc1.CNS(=O)(=O)c1ccc(C(=O)Nc2ccc(S(=O)(=O)NN)cc2-c2nc3ccccc3c(=O)[nH]2)cc1.NNC(=O)C(F)(F)C(F)(F)C(F)(F)C(=O)Nc1ccccc1-c1nc2ccccc2c(=O)[nH]1.NNS(=O)(=O)c1ccc(C(=O)Nc2ccccc2-c2nc3ccccc3c(=O)[nH]2)cc1. The number of nitrogens with zero attached hydrogens (tertiary/aromatic N) is 4. The van der Waals surface area contributed by atoms with Gasteiger partial charge in [0.1, 0.15) is 23.3 Å². The van der Waals surface area contributed by atoms with Gasteiger partial charge in [-0.15, -0.1) is 0 Å². The van der Waals surface area contributed by atoms with Crippen molar-refractivity contribution in [2.24, 2.45) is 17.5 Å². The Morgan fingerprint density at radius 3 is 1.06 bits per heavy atom. The monoisotopic (exact) mass is 1920 g/mol. The van der Waals surface area contributed by atoms with Crippen molar-refractivity contribution >= 4 is 155 Å². The molecule has 0 aliphatic rings. The molecule has 0 aliphatic carbocycles. The molecule has 6 amide bonds. The van der Waals surface area contributed by atoms with Gasteiger partial charge < -0.3 is 46.5 Å². The van der Waals surface area contributed by atoms with Crippen molar-refractivity contribution in [3.8, 4) is 45.6 Å². The molecule has 0 saturated heterocycles. The van der Waals surface area contributed by atoms with Crippen molar-refractivity contribution in [3.63, 3.8) is 0 Å². The molecule has 15 rings (SSSR count). The number of para-hydroxylation sites is 5. The second-order valence-corrected chi connectivity index (χ2v) is 33.7. The Kier molecular flexibility index (Phi) is 30.0. The number of rotatable bonds is 22. The predicted molar refractivity (Wildman–Crippen MR) is 486 cm³/mol. The van der Waals surface area contributed by atoms with Gasteiger partial charge >= 0.3 is 29.6 Å². The summed E-state index contributed by atoms with van der Waals surface area (Å²) in [4.78, 5) is 154. The molecule has 19 N–H and O–H groups in total. The number of carbonyl (C=O) groups is 6. The first-order valence-corrected chi connectivity index (χ1v) is 43.0. The molecule has 47 heteroatoms. The average Bonchev–Trinajstić information content (AvgIpc) is 0.743. The van der Waals surface area contributed by atoms with Crippen LogP contribution in [0.25, 0.3) is 89.2 Å². The molecular weight excluding hydrogens is 1850 g/mol. The Morgan fingerprint density at radius 2 is 0.647 bits per heavy atom. The van der Waals surface area contributed by atoms with Crippen LogP contribution in [-0.2, 0) is 39.7 Å². The number of nitrogens with two attached hydrogens (primary N) is 3. The van der Waals surface area contributed by atoms with Gasteiger partial charge in [0, 0.05) is 61.6 Å². The molecule has 0 radical (unpaired) electrons. The van der Waals surface area contributed by atoms with E-state index in [1.54, 1.807) is 149 Å². The number of hydrogen-bond acceptors (Lipinski definition) is 23. The minimum atomic E-state index is -6.45. The summed E-state index contributed by atoms with van der Waals surface area (Å²) >= 11 is 12.1. The predicted octanol–water partition coefficient (Wildman–Crippen LogP) is 10.5. The van der Waals surface area contributed by atoms with Gasteiger partial charge in [0.2, 0.25) is 10.0 Å². The lowest BCUT2D eigenvalue weighted by Crippen LogP contribution is -2.64. The number of hydrogen-bond donors (Lipinski definition) is 16. The van der Waals surface area contributed by atoms with E-state index < -0.39 is 94.2 Å². The highest BCUT2D eigenvalue weighted by Crippen LogP contribution is 2.47. The molecular formula is C86H70Cl2F6N20O16S3. The van der Waals surface area contributed by atoms with Gasteiger partial charge in [-0.3, -0.25) is 65.1 Å². The average molecular weight is 1920 g/mol. The van der Waals surface area contributed by atoms with Gasteiger partial charge in [-0.05, 0) is 195 Å². The van der Waals surface area contributed by atoms with E-state index in [0.29, 0.717) is 87.6 Å². The molecule has 0 atom stereocenters. The molecule has 4 aromatic heterocycles. The molecule has 0 fully saturated rings. The van der Waals surface area contributed by atoms with E-state index in [9.17, 15) is 99.5 Å². The molecule has 0 spiro atoms. The summed E-state index contributed by atoms with van der Waals surface area (Å²) in [5.74, 6) is -11.1. The van der Waals surface area contributed by atoms with Crippen LogP contribution in [0, 0.1) is 0 Å². The zero-order valence-corrected chi connectivity index (χ0v) is 71.4. The van der Waals surface area contributed by atoms with E-state index >= 15 is 0 Å². The minimum absolute atomic E-state index is 0. The second-order valence-electron chi connectivity index (χ2n) is 27.5. The van der Waals surface area contributed by atoms with Crippen LogP contribution >= 0.6 is 23.2 Å². The van der Waals surface area contributed by atoms with Crippen molar-refractivity contribution in [3.05, 3.63) is 322 Å². The van der Waals surface area contributed by atoms with Crippen LogP contribution in [-0.4, -0.2) is 132 Å². The van der Waals surface area contributed by atoms with Gasteiger partial charge in [-0.25, -0.2) is 55.8 Å². The number of aromatic nitrogens is 8. The first-order chi connectivity index (χ1) is 62.6. The molecule has 0 unspecified atom stereocenters. The topological polar surface area (TPSA) is 574 Å². The molecule has 0 bridgehead atoms. The van der Waals surface area contributed by atoms with Crippen molar-refractivity contribution in [2.45, 2.75) is 39.9 Å². The van der Waals surface area contributed by atoms with Gasteiger partial charge in [0.05, 0.1) is 81.0 Å². The third kappa shape index (κ3) is 21.7. The fourth-order valence-electron chi connectivity index (χ4n) is 12.4. The number of hydrazine groups is 3. The molecule has 15 aromatic rings. The van der Waals surface area contributed by atoms with Crippen molar-refractivity contribution in [2.75, 3.05) is 35.4 Å². The number of H-pyrrole nitrogens is 4. The van der Waals surface area contributed by atoms with Crippen molar-refractivity contribution < 1.29 is 80.4 Å². The van der Waals surface area contributed by atoms with Crippen LogP contribution in [0.15, 0.2) is 283 Å². The minimum Gasteiger partial charge on any atom is -0.355 e. The molecule has 133 heavy (non-hydrogen) atoms. The van der Waals surface area contributed by atoms with E-state index in [-0.39, 0.29) is 95.5 Å². The first kappa shape index (κ1) is 98.2. The van der Waals surface area contributed by atoms with Crippen LogP contribution in [0.3, 0.4) is 0 Å². The van der Waals surface area contributed by atoms with Crippen LogP contribution in [0.2, 0.25) is 10.0 Å². The molecule has 11 aromatic carbocycles. The highest BCUT2D eigenvalue weighted by Gasteiger charge is 2.78. The summed E-state index contributed by atoms with van der Waals surface area (Å²) in [6.45, 7) is 0. The maximum absolute atomic E-state index is 14.1. The lowest BCUT2D eigenvalue weighted by molar-refractivity contribution is -0.285. The number of nitrogens with one attached hydrogen (secondary N) is 13. The van der Waals surface area contributed by atoms with E-state index in [2.05, 4.69) is 71.7 Å². The summed E-state index contributed by atoms with van der Waals surface area (Å²) < 4.78 is 157. The fourth-order valence-corrected chi connectivity index (χ4v) is 14.8.